The quantitative estimate of drug-likeness (QED) is 0.808. The lowest BCUT2D eigenvalue weighted by Gasteiger charge is -2.25. The van der Waals surface area contributed by atoms with Crippen molar-refractivity contribution in [3.05, 3.63) is 29.3 Å². The van der Waals surface area contributed by atoms with E-state index in [1.165, 1.54) is 0 Å². The van der Waals surface area contributed by atoms with Crippen molar-refractivity contribution in [3.8, 4) is 0 Å². The summed E-state index contributed by atoms with van der Waals surface area (Å²) in [6.45, 7) is 10.3. The molecule has 0 N–H and O–H groups in total. The molecule has 1 saturated heterocycles. The normalized spacial score (nSPS) is 17.7. The molecule has 1 aromatic carbocycles. The first-order chi connectivity index (χ1) is 11.0. The third-order valence-corrected chi connectivity index (χ3v) is 4.43. The second kappa shape index (κ2) is 7.62. The van der Waals surface area contributed by atoms with Crippen LogP contribution < -0.4 is 4.90 Å². The summed E-state index contributed by atoms with van der Waals surface area (Å²) in [5, 5.41) is 0. The van der Waals surface area contributed by atoms with Crippen molar-refractivity contribution >= 4 is 17.5 Å². The molecule has 0 radical (unpaired) electrons. The molecule has 23 heavy (non-hydrogen) atoms. The summed E-state index contributed by atoms with van der Waals surface area (Å²) in [5.74, 6) is -0.0136. The van der Waals surface area contributed by atoms with Crippen molar-refractivity contribution in [2.45, 2.75) is 47.0 Å². The van der Waals surface area contributed by atoms with E-state index in [9.17, 15) is 9.59 Å². The molecule has 1 aliphatic rings. The molecule has 1 atom stereocenters. The zero-order chi connectivity index (χ0) is 17.0. The maximum absolute atomic E-state index is 12.7. The summed E-state index contributed by atoms with van der Waals surface area (Å²) in [5.41, 5.74) is 3.16. The van der Waals surface area contributed by atoms with Gasteiger partial charge in [-0.2, -0.15) is 0 Å². The highest BCUT2D eigenvalue weighted by Crippen LogP contribution is 2.29. The number of nitrogens with zero attached hydrogens (tertiary/aromatic N) is 2. The number of hydrogen-bond donors (Lipinski definition) is 0. The van der Waals surface area contributed by atoms with Gasteiger partial charge in [-0.05, 0) is 43.9 Å². The van der Waals surface area contributed by atoms with E-state index >= 15 is 0 Å². The Balaban J connectivity index is 2.15. The molecule has 1 heterocycles. The summed E-state index contributed by atoms with van der Waals surface area (Å²) >= 11 is 0. The van der Waals surface area contributed by atoms with Crippen LogP contribution in [0.3, 0.4) is 0 Å². The first-order valence-corrected chi connectivity index (χ1v) is 8.64. The Kier molecular flexibility index (Phi) is 5.80. The lowest BCUT2D eigenvalue weighted by molar-refractivity contribution is -0.135. The standard InChI is InChI=1S/C19H28N2O2/c1-5-9-20(10-6-2)19(23)16-12-18(22)21(13-16)17-11-14(3)7-8-15(17)4/h7-8,11,16H,5-6,9-10,12-13H2,1-4H3. The monoisotopic (exact) mass is 316 g/mol. The molecule has 0 spiro atoms. The predicted molar refractivity (Wildman–Crippen MR) is 93.5 cm³/mol. The minimum absolute atomic E-state index is 0.0602. The molecule has 1 unspecified atom stereocenters. The molecule has 2 amide bonds. The second-order valence-electron chi connectivity index (χ2n) is 6.52. The Bertz CT molecular complexity index is 577. The number of anilines is 1. The van der Waals surface area contributed by atoms with Crippen molar-refractivity contribution in [3.63, 3.8) is 0 Å². The van der Waals surface area contributed by atoms with Gasteiger partial charge in [-0.25, -0.2) is 0 Å². The van der Waals surface area contributed by atoms with Crippen molar-refractivity contribution in [1.82, 2.24) is 4.90 Å². The third-order valence-electron chi connectivity index (χ3n) is 4.43. The molecule has 0 bridgehead atoms. The predicted octanol–water partition coefficient (Wildman–Crippen LogP) is 3.30. The van der Waals surface area contributed by atoms with Gasteiger partial charge in [0.25, 0.3) is 0 Å². The van der Waals surface area contributed by atoms with Gasteiger partial charge < -0.3 is 9.80 Å². The van der Waals surface area contributed by atoms with Crippen LogP contribution in [0.15, 0.2) is 18.2 Å². The van der Waals surface area contributed by atoms with Crippen molar-refractivity contribution < 1.29 is 9.59 Å². The fraction of sp³-hybridized carbons (Fsp3) is 0.579. The van der Waals surface area contributed by atoms with E-state index in [1.54, 1.807) is 4.90 Å². The van der Waals surface area contributed by atoms with Gasteiger partial charge in [0.05, 0.1) is 5.92 Å². The summed E-state index contributed by atoms with van der Waals surface area (Å²) in [7, 11) is 0. The van der Waals surface area contributed by atoms with Gasteiger partial charge >= 0.3 is 0 Å². The van der Waals surface area contributed by atoms with E-state index in [1.807, 2.05) is 36.9 Å². The molecule has 1 aliphatic heterocycles. The Hall–Kier alpha value is -1.84. The average Bonchev–Trinajstić information content (AvgIpc) is 2.90. The number of aryl methyl sites for hydroxylation is 2. The van der Waals surface area contributed by atoms with Gasteiger partial charge in [0.2, 0.25) is 11.8 Å². The van der Waals surface area contributed by atoms with Crippen LogP contribution in [0.4, 0.5) is 5.69 Å². The van der Waals surface area contributed by atoms with E-state index in [2.05, 4.69) is 13.8 Å². The van der Waals surface area contributed by atoms with Crippen LogP contribution in [0.2, 0.25) is 0 Å². The molecule has 0 aromatic heterocycles. The average molecular weight is 316 g/mol. The van der Waals surface area contributed by atoms with E-state index in [-0.39, 0.29) is 17.7 Å². The molecule has 4 heteroatoms. The fourth-order valence-electron chi connectivity index (χ4n) is 3.25. The fourth-order valence-corrected chi connectivity index (χ4v) is 3.25. The van der Waals surface area contributed by atoms with E-state index in [0.29, 0.717) is 13.0 Å². The highest BCUT2D eigenvalue weighted by Gasteiger charge is 2.37. The maximum atomic E-state index is 12.7. The van der Waals surface area contributed by atoms with Crippen LogP contribution in [-0.2, 0) is 9.59 Å². The molecule has 2 rings (SSSR count). The van der Waals surface area contributed by atoms with Gasteiger partial charge in [0.15, 0.2) is 0 Å². The summed E-state index contributed by atoms with van der Waals surface area (Å²) < 4.78 is 0. The van der Waals surface area contributed by atoms with Crippen molar-refractivity contribution in [2.24, 2.45) is 5.92 Å². The minimum atomic E-state index is -0.208. The summed E-state index contributed by atoms with van der Waals surface area (Å²) in [6.07, 6.45) is 2.23. The van der Waals surface area contributed by atoms with Crippen molar-refractivity contribution in [1.29, 1.82) is 0 Å². The van der Waals surface area contributed by atoms with Gasteiger partial charge in [-0.3, -0.25) is 9.59 Å². The molecular formula is C19H28N2O2. The smallest absolute Gasteiger partial charge is 0.228 e. The van der Waals surface area contributed by atoms with E-state index in [4.69, 9.17) is 0 Å². The topological polar surface area (TPSA) is 40.6 Å². The molecule has 0 aliphatic carbocycles. The Labute approximate surface area is 139 Å². The van der Waals surface area contributed by atoms with E-state index < -0.39 is 0 Å². The van der Waals surface area contributed by atoms with Gasteiger partial charge in [0.1, 0.15) is 0 Å². The molecule has 0 saturated carbocycles. The zero-order valence-corrected chi connectivity index (χ0v) is 14.8. The Morgan fingerprint density at radius 1 is 1.22 bits per heavy atom. The van der Waals surface area contributed by atoms with Gasteiger partial charge in [-0.15, -0.1) is 0 Å². The SMILES string of the molecule is CCCN(CCC)C(=O)C1CC(=O)N(c2cc(C)ccc2C)C1. The van der Waals surface area contributed by atoms with Crippen LogP contribution in [0.5, 0.6) is 0 Å². The van der Waals surface area contributed by atoms with Crippen LogP contribution in [0.25, 0.3) is 0 Å². The number of rotatable bonds is 6. The maximum Gasteiger partial charge on any atom is 0.228 e. The first-order valence-electron chi connectivity index (χ1n) is 8.64. The van der Waals surface area contributed by atoms with Gasteiger partial charge in [-0.1, -0.05) is 26.0 Å². The zero-order valence-electron chi connectivity index (χ0n) is 14.8. The molecule has 4 nitrogen and oxygen atoms in total. The summed E-state index contributed by atoms with van der Waals surface area (Å²) in [6, 6.07) is 6.12. The molecule has 1 aromatic rings. The lowest BCUT2D eigenvalue weighted by Crippen LogP contribution is -2.38. The third kappa shape index (κ3) is 3.92. The highest BCUT2D eigenvalue weighted by molar-refractivity contribution is 6.00. The van der Waals surface area contributed by atoms with E-state index in [0.717, 1.165) is 42.7 Å². The van der Waals surface area contributed by atoms with Crippen LogP contribution in [-0.4, -0.2) is 36.3 Å². The number of carbonyl (C=O) groups is 2. The molecule has 1 fully saturated rings. The van der Waals surface area contributed by atoms with Crippen LogP contribution in [0, 0.1) is 19.8 Å². The molecule has 126 valence electrons. The highest BCUT2D eigenvalue weighted by atomic mass is 16.2. The Morgan fingerprint density at radius 3 is 2.48 bits per heavy atom. The minimum Gasteiger partial charge on any atom is -0.342 e. The number of amides is 2. The summed E-state index contributed by atoms with van der Waals surface area (Å²) in [4.78, 5) is 28.9. The Morgan fingerprint density at radius 2 is 1.87 bits per heavy atom. The first kappa shape index (κ1) is 17.5. The van der Waals surface area contributed by atoms with Crippen LogP contribution >= 0.6 is 0 Å². The van der Waals surface area contributed by atoms with Crippen LogP contribution in [0.1, 0.15) is 44.2 Å². The second-order valence-corrected chi connectivity index (χ2v) is 6.52. The van der Waals surface area contributed by atoms with Gasteiger partial charge in [0, 0.05) is 31.7 Å². The number of hydrogen-bond acceptors (Lipinski definition) is 2. The van der Waals surface area contributed by atoms with Crippen molar-refractivity contribution in [2.75, 3.05) is 24.5 Å². The largest absolute Gasteiger partial charge is 0.342 e. The number of carbonyl (C=O) groups excluding carboxylic acids is 2. The number of benzene rings is 1. The molecular weight excluding hydrogens is 288 g/mol. The lowest BCUT2D eigenvalue weighted by atomic mass is 10.1.